The fraction of sp³-hybridized carbons (Fsp3) is 0.0833. The summed E-state index contributed by atoms with van der Waals surface area (Å²) < 4.78 is 1.97. The maximum Gasteiger partial charge on any atom is 0.251 e. The van der Waals surface area contributed by atoms with Gasteiger partial charge in [-0.25, -0.2) is 0 Å². The lowest BCUT2D eigenvalue weighted by molar-refractivity contribution is 0.0951. The van der Waals surface area contributed by atoms with E-state index in [1.165, 1.54) is 0 Å². The molecule has 1 N–H and O–H groups in total. The van der Waals surface area contributed by atoms with E-state index in [0.29, 0.717) is 17.1 Å². The zero-order valence-corrected chi connectivity index (χ0v) is 14.4. The summed E-state index contributed by atoms with van der Waals surface area (Å²) in [5.41, 5.74) is 0.580. The zero-order valence-electron chi connectivity index (χ0n) is 9.04. The van der Waals surface area contributed by atoms with Gasteiger partial charge >= 0.3 is 0 Å². The molecule has 2 nitrogen and oxygen atoms in total. The van der Waals surface area contributed by atoms with E-state index < -0.39 is 0 Å². The van der Waals surface area contributed by atoms with Crippen molar-refractivity contribution in [2.45, 2.75) is 6.54 Å². The number of benzene rings is 1. The van der Waals surface area contributed by atoms with Gasteiger partial charge in [0.25, 0.3) is 5.91 Å². The van der Waals surface area contributed by atoms with Gasteiger partial charge in [0.15, 0.2) is 0 Å². The number of nitrogens with one attached hydrogen (secondary N) is 1. The van der Waals surface area contributed by atoms with Crippen LogP contribution >= 0.6 is 61.5 Å². The molecule has 0 unspecified atom stereocenters. The highest BCUT2D eigenvalue weighted by atomic mass is 127. The molecule has 0 fully saturated rings. The molecule has 1 heterocycles. The molecule has 1 aromatic heterocycles. The maximum atomic E-state index is 11.9. The van der Waals surface area contributed by atoms with Crippen molar-refractivity contribution in [2.24, 2.45) is 0 Å². The predicted molar refractivity (Wildman–Crippen MR) is 87.4 cm³/mol. The highest BCUT2D eigenvalue weighted by Crippen LogP contribution is 2.21. The van der Waals surface area contributed by atoms with Crippen LogP contribution in [-0.2, 0) is 6.54 Å². The molecule has 0 spiro atoms. The molecule has 0 aliphatic rings. The van der Waals surface area contributed by atoms with E-state index in [0.717, 1.165) is 12.9 Å². The first-order valence-electron chi connectivity index (χ1n) is 5.02. The van der Waals surface area contributed by atoms with Crippen LogP contribution in [0.5, 0.6) is 0 Å². The molecule has 0 bridgehead atoms. The summed E-state index contributed by atoms with van der Waals surface area (Å²) in [6, 6.07) is 7.28. The van der Waals surface area contributed by atoms with Crippen LogP contribution in [0.15, 0.2) is 34.1 Å². The number of rotatable bonds is 3. The number of thiophene rings is 1. The zero-order chi connectivity index (χ0) is 13.1. The lowest BCUT2D eigenvalue weighted by Crippen LogP contribution is -2.22. The quantitative estimate of drug-likeness (QED) is 0.667. The van der Waals surface area contributed by atoms with Gasteiger partial charge in [0.2, 0.25) is 0 Å². The van der Waals surface area contributed by atoms with Crippen LogP contribution in [0.2, 0.25) is 5.02 Å². The second kappa shape index (κ2) is 6.36. The number of hydrogen-bond donors (Lipinski definition) is 1. The number of carbonyl (C=O) groups is 1. The van der Waals surface area contributed by atoms with Gasteiger partial charge < -0.3 is 5.32 Å². The van der Waals surface area contributed by atoms with Gasteiger partial charge in [-0.2, -0.15) is 0 Å². The maximum absolute atomic E-state index is 11.9. The molecule has 2 rings (SSSR count). The fourth-order valence-corrected chi connectivity index (χ4v) is 3.26. The monoisotopic (exact) mass is 455 g/mol. The Kier molecular flexibility index (Phi) is 5.06. The van der Waals surface area contributed by atoms with Crippen molar-refractivity contribution in [3.05, 3.63) is 53.2 Å². The van der Waals surface area contributed by atoms with Gasteiger partial charge in [-0.1, -0.05) is 11.6 Å². The average molecular weight is 457 g/mol. The minimum Gasteiger partial charge on any atom is -0.347 e. The third-order valence-corrected chi connectivity index (χ3v) is 5.50. The van der Waals surface area contributed by atoms with E-state index in [1.807, 2.05) is 17.5 Å². The smallest absolute Gasteiger partial charge is 0.251 e. The Labute approximate surface area is 136 Å². The molecule has 1 amide bonds. The van der Waals surface area contributed by atoms with E-state index in [2.05, 4.69) is 43.8 Å². The molecule has 0 saturated carbocycles. The Hall–Kier alpha value is -0.110. The van der Waals surface area contributed by atoms with Crippen LogP contribution in [0.25, 0.3) is 0 Å². The summed E-state index contributed by atoms with van der Waals surface area (Å²) in [4.78, 5) is 13.0. The minimum atomic E-state index is -0.113. The van der Waals surface area contributed by atoms with Gasteiger partial charge in [0, 0.05) is 23.9 Å². The van der Waals surface area contributed by atoms with Crippen LogP contribution in [0, 0.1) is 3.57 Å². The third kappa shape index (κ3) is 3.69. The number of carbonyl (C=O) groups excluding carboxylic acids is 1. The first-order chi connectivity index (χ1) is 8.56. The molecule has 0 saturated heterocycles. The Morgan fingerprint density at radius 2 is 2.22 bits per heavy atom. The molecule has 0 atom stereocenters. The van der Waals surface area contributed by atoms with E-state index in [9.17, 15) is 4.79 Å². The van der Waals surface area contributed by atoms with Crippen molar-refractivity contribution in [1.29, 1.82) is 0 Å². The first-order valence-corrected chi connectivity index (χ1v) is 8.15. The van der Waals surface area contributed by atoms with Crippen LogP contribution in [0.4, 0.5) is 0 Å². The highest BCUT2D eigenvalue weighted by Gasteiger charge is 2.08. The summed E-state index contributed by atoms with van der Waals surface area (Å²) in [6.45, 7) is 0.526. The van der Waals surface area contributed by atoms with Crippen LogP contribution in [0.1, 0.15) is 15.2 Å². The van der Waals surface area contributed by atoms with Gasteiger partial charge in [0.1, 0.15) is 0 Å². The highest BCUT2D eigenvalue weighted by molar-refractivity contribution is 14.1. The van der Waals surface area contributed by atoms with E-state index >= 15 is 0 Å². The van der Waals surface area contributed by atoms with Gasteiger partial charge in [-0.05, 0) is 62.8 Å². The summed E-state index contributed by atoms with van der Waals surface area (Å²) in [6.07, 6.45) is 0. The van der Waals surface area contributed by atoms with Gasteiger partial charge in [-0.15, -0.1) is 11.3 Å². The molecule has 1 aromatic carbocycles. The molecule has 6 heteroatoms. The molecule has 18 heavy (non-hydrogen) atoms. The molecule has 0 aliphatic carbocycles. The SMILES string of the molecule is O=C(NCc1cc(Br)cs1)c1ccc(I)c(Cl)c1. The topological polar surface area (TPSA) is 29.1 Å². The van der Waals surface area contributed by atoms with Gasteiger partial charge in [0.05, 0.1) is 11.6 Å². The van der Waals surface area contributed by atoms with E-state index in [-0.39, 0.29) is 5.91 Å². The Morgan fingerprint density at radius 1 is 1.44 bits per heavy atom. The second-order valence-electron chi connectivity index (χ2n) is 3.54. The average Bonchev–Trinajstić information content (AvgIpc) is 2.75. The van der Waals surface area contributed by atoms with Crippen molar-refractivity contribution < 1.29 is 4.79 Å². The number of hydrogen-bond acceptors (Lipinski definition) is 2. The summed E-state index contributed by atoms with van der Waals surface area (Å²) >= 11 is 13.1. The summed E-state index contributed by atoms with van der Waals surface area (Å²) in [5.74, 6) is -0.113. The fourth-order valence-electron chi connectivity index (χ4n) is 1.35. The Balaban J connectivity index is 2.01. The molecular weight excluding hydrogens is 448 g/mol. The van der Waals surface area contributed by atoms with Crippen LogP contribution < -0.4 is 5.32 Å². The van der Waals surface area contributed by atoms with Crippen molar-refractivity contribution in [2.75, 3.05) is 0 Å². The molecule has 0 radical (unpaired) electrons. The van der Waals surface area contributed by atoms with Gasteiger partial charge in [-0.3, -0.25) is 4.79 Å². The van der Waals surface area contributed by atoms with E-state index in [4.69, 9.17) is 11.6 Å². The minimum absolute atomic E-state index is 0.113. The van der Waals surface area contributed by atoms with E-state index in [1.54, 1.807) is 23.5 Å². The first kappa shape index (κ1) is 14.3. The third-order valence-electron chi connectivity index (χ3n) is 2.23. The molecule has 2 aromatic rings. The molecular formula is C12H8BrClINOS. The summed E-state index contributed by atoms with van der Waals surface area (Å²) in [5, 5.41) is 5.45. The lowest BCUT2D eigenvalue weighted by Gasteiger charge is -2.04. The molecule has 94 valence electrons. The standard InChI is InChI=1S/C12H8BrClINOS/c13-8-4-9(18-6-8)5-16-12(17)7-1-2-11(15)10(14)3-7/h1-4,6H,5H2,(H,16,17). The Bertz CT molecular complexity index is 587. The largest absolute Gasteiger partial charge is 0.347 e. The summed E-state index contributed by atoms with van der Waals surface area (Å²) in [7, 11) is 0. The van der Waals surface area contributed by atoms with Crippen LogP contribution in [0.3, 0.4) is 0 Å². The van der Waals surface area contributed by atoms with Crippen LogP contribution in [-0.4, -0.2) is 5.91 Å². The normalized spacial score (nSPS) is 10.4. The van der Waals surface area contributed by atoms with Crippen molar-refractivity contribution in [1.82, 2.24) is 5.32 Å². The van der Waals surface area contributed by atoms with Crippen molar-refractivity contribution in [3.63, 3.8) is 0 Å². The lowest BCUT2D eigenvalue weighted by atomic mass is 10.2. The predicted octanol–water partition coefficient (Wildman–Crippen LogP) is 4.70. The van der Waals surface area contributed by atoms with Crippen molar-refractivity contribution in [3.8, 4) is 0 Å². The number of halogens is 3. The number of amides is 1. The molecule has 0 aliphatic heterocycles. The second-order valence-corrected chi connectivity index (χ2v) is 7.02. The Morgan fingerprint density at radius 3 is 2.83 bits per heavy atom. The van der Waals surface area contributed by atoms with Crippen molar-refractivity contribution >= 4 is 67.4 Å².